The molecule has 474 valence electrons. The minimum absolute atomic E-state index is 0.139. The molecule has 1 aromatic carbocycles. The summed E-state index contributed by atoms with van der Waals surface area (Å²) in [5.41, 5.74) is 6.46. The van der Waals surface area contributed by atoms with Crippen molar-refractivity contribution in [1.82, 2.24) is 30.2 Å². The summed E-state index contributed by atoms with van der Waals surface area (Å²) in [5, 5.41) is 14.4. The third-order valence-electron chi connectivity index (χ3n) is 10.2. The minimum Gasteiger partial charge on any atom is -0.497 e. The molecule has 7 amide bonds. The largest absolute Gasteiger partial charge is 0.497 e. The van der Waals surface area contributed by atoms with Gasteiger partial charge in [0.05, 0.1) is 38.6 Å². The predicted octanol–water partition coefficient (Wildman–Crippen LogP) is 5.79. The number of Topliss-reactive ketones (excluding diaryl/α,β-unsaturated/α-hetero) is 2. The highest BCUT2D eigenvalue weighted by Gasteiger charge is 2.37. The molecule has 0 radical (unpaired) electrons. The monoisotopic (exact) mass is 1190 g/mol. The van der Waals surface area contributed by atoms with Crippen LogP contribution in [-0.2, 0) is 62.2 Å². The van der Waals surface area contributed by atoms with Crippen LogP contribution in [0.2, 0.25) is 0 Å². The van der Waals surface area contributed by atoms with Gasteiger partial charge in [-0.3, -0.25) is 52.7 Å². The maximum atomic E-state index is 12.6. The SMILES string of the molecule is CC.CC(=O)C(=O)N1CCCC1C(=O)N(C)CC(=O)NC(COC(=O)CN(C)C=O)C(N)=O.CC(C)C.CC(C)C.CCC.CCCCC(O)CC(=O)OCC(=O)C(C)C(=O)NCC(=O)N1CCCC1.COc1ccc(C)cc1.CSC. The summed E-state index contributed by atoms with van der Waals surface area (Å²) in [6.45, 7) is 27.5. The molecular weight excluding hydrogens is 1080 g/mol. The summed E-state index contributed by atoms with van der Waals surface area (Å²) in [4.78, 5) is 134. The van der Waals surface area contributed by atoms with Crippen LogP contribution in [-0.4, -0.2) is 194 Å². The number of carbonyl (C=O) groups is 11. The van der Waals surface area contributed by atoms with Gasteiger partial charge in [0.25, 0.3) is 5.91 Å². The van der Waals surface area contributed by atoms with E-state index in [-0.39, 0.29) is 32.0 Å². The Hall–Kier alpha value is -6.10. The van der Waals surface area contributed by atoms with Crippen molar-refractivity contribution in [3.05, 3.63) is 29.8 Å². The first-order valence-electron chi connectivity index (χ1n) is 28.3. The molecule has 82 heavy (non-hydrogen) atoms. The van der Waals surface area contributed by atoms with Gasteiger partial charge in [-0.15, -0.1) is 0 Å². The number of unbranched alkanes of at least 4 members (excludes halogenated alkanes) is 1. The number of likely N-dealkylation sites (tertiary alicyclic amines) is 2. The molecule has 2 fully saturated rings. The first-order valence-corrected chi connectivity index (χ1v) is 30.0. The number of amides is 7. The number of aryl methyl sites for hydroxylation is 1. The van der Waals surface area contributed by atoms with Gasteiger partial charge >= 0.3 is 11.9 Å². The van der Waals surface area contributed by atoms with E-state index in [1.54, 1.807) is 23.8 Å². The number of hydrogen-bond donors (Lipinski definition) is 4. The number of aliphatic hydroxyl groups is 1. The average molecular weight is 1190 g/mol. The number of methoxy groups -OCH3 is 1. The number of esters is 2. The number of nitrogens with zero attached hydrogens (tertiary/aromatic N) is 4. The van der Waals surface area contributed by atoms with E-state index in [2.05, 4.69) is 72.9 Å². The van der Waals surface area contributed by atoms with Gasteiger partial charge in [-0.2, -0.15) is 11.8 Å². The maximum absolute atomic E-state index is 12.6. The van der Waals surface area contributed by atoms with Crippen molar-refractivity contribution in [2.24, 2.45) is 23.5 Å². The number of primary amides is 1. The molecule has 2 saturated heterocycles. The van der Waals surface area contributed by atoms with Crippen molar-refractivity contribution in [2.45, 2.75) is 173 Å². The molecular formula is C59H107N7O15S. The van der Waals surface area contributed by atoms with E-state index < -0.39 is 96.9 Å². The molecule has 0 aromatic heterocycles. The molecule has 4 unspecified atom stereocenters. The molecule has 4 atom stereocenters. The third kappa shape index (κ3) is 46.5. The predicted molar refractivity (Wildman–Crippen MR) is 323 cm³/mol. The lowest BCUT2D eigenvalue weighted by molar-refractivity contribution is -0.152. The van der Waals surface area contributed by atoms with Crippen LogP contribution in [0, 0.1) is 24.7 Å². The molecule has 22 nitrogen and oxygen atoms in total. The Kier molecular flexibility index (Phi) is 54.7. The minimum atomic E-state index is -1.34. The fourth-order valence-corrected chi connectivity index (χ4v) is 6.20. The van der Waals surface area contributed by atoms with Crippen LogP contribution in [0.5, 0.6) is 5.75 Å². The Labute approximate surface area is 495 Å². The van der Waals surface area contributed by atoms with Gasteiger partial charge in [0.15, 0.2) is 12.4 Å². The van der Waals surface area contributed by atoms with E-state index in [9.17, 15) is 57.8 Å². The van der Waals surface area contributed by atoms with Gasteiger partial charge in [0.2, 0.25) is 41.7 Å². The molecule has 0 aliphatic carbocycles. The van der Waals surface area contributed by atoms with Crippen LogP contribution >= 0.6 is 11.8 Å². The fraction of sp³-hybridized carbons (Fsp3) is 0.712. The number of hydrogen-bond acceptors (Lipinski definition) is 16. The highest BCUT2D eigenvalue weighted by Crippen LogP contribution is 2.19. The number of aliphatic hydroxyl groups excluding tert-OH is 1. The molecule has 2 heterocycles. The van der Waals surface area contributed by atoms with Gasteiger partial charge in [0.1, 0.15) is 31.0 Å². The van der Waals surface area contributed by atoms with Crippen molar-refractivity contribution in [3.63, 3.8) is 0 Å². The summed E-state index contributed by atoms with van der Waals surface area (Å²) in [6.07, 6.45) is 9.86. The van der Waals surface area contributed by atoms with Crippen LogP contribution in [0.3, 0.4) is 0 Å². The van der Waals surface area contributed by atoms with Crippen LogP contribution in [0.1, 0.15) is 153 Å². The Morgan fingerprint density at radius 3 is 1.79 bits per heavy atom. The zero-order chi connectivity index (χ0) is 64.5. The number of ether oxygens (including phenoxy) is 3. The number of nitrogens with two attached hydrogens (primary N) is 1. The van der Waals surface area contributed by atoms with Crippen molar-refractivity contribution in [2.75, 3.05) is 86.2 Å². The van der Waals surface area contributed by atoms with Crippen LogP contribution in [0.4, 0.5) is 0 Å². The summed E-state index contributed by atoms with van der Waals surface area (Å²) in [7, 11) is 4.36. The molecule has 2 aliphatic heterocycles. The normalized spacial score (nSPS) is 13.6. The van der Waals surface area contributed by atoms with Crippen LogP contribution in [0.25, 0.3) is 0 Å². The highest BCUT2D eigenvalue weighted by molar-refractivity contribution is 7.97. The third-order valence-corrected chi connectivity index (χ3v) is 10.2. The van der Waals surface area contributed by atoms with E-state index in [0.717, 1.165) is 60.0 Å². The van der Waals surface area contributed by atoms with Gasteiger partial charge in [-0.05, 0) is 82.4 Å². The molecule has 23 heteroatoms. The first-order chi connectivity index (χ1) is 38.4. The van der Waals surface area contributed by atoms with E-state index in [0.29, 0.717) is 38.8 Å². The Morgan fingerprint density at radius 1 is 0.829 bits per heavy atom. The number of rotatable bonds is 23. The van der Waals surface area contributed by atoms with Crippen LogP contribution in [0.15, 0.2) is 24.3 Å². The van der Waals surface area contributed by atoms with Gasteiger partial charge in [0, 0.05) is 40.7 Å². The summed E-state index contributed by atoms with van der Waals surface area (Å²) >= 11 is 1.75. The molecule has 0 bridgehead atoms. The Balaban J connectivity index is -0.000000343. The van der Waals surface area contributed by atoms with Crippen LogP contribution < -0.4 is 21.1 Å². The van der Waals surface area contributed by atoms with E-state index in [1.165, 1.54) is 37.9 Å². The van der Waals surface area contributed by atoms with Gasteiger partial charge in [-0.25, -0.2) is 0 Å². The van der Waals surface area contributed by atoms with Gasteiger partial charge in [-0.1, -0.05) is 113 Å². The number of likely N-dealkylation sites (N-methyl/N-ethyl adjacent to an activating group) is 2. The standard InChI is InChI=1S/C18H27N5O8.C18H30N2O6.C8H10O.2C4H10.C3H8.C2H6S.C2H6/c1-11(25)17(29)23-6-4-5-13(23)18(30)22(3)7-14(26)20-12(16(19)28)9-31-15(27)8-21(2)10-24;1-3-4-7-14(21)10-17(24)26-12-15(22)13(2)18(25)19-11-16(23)20-8-5-6-9-20;1-7-3-5-8(9-2)6-4-7;2*1-4(2)3;2*1-3-2;1-2/h10,12-13H,4-9H2,1-3H3,(H2,19,28)(H,20,26);13-14,21H,3-12H2,1-2H3,(H,19,25);3-6H,1-2H3;2*4H,1-3H3;3H2,1-2H3;1-2H3;1-2H3. The van der Waals surface area contributed by atoms with Crippen molar-refractivity contribution < 1.29 is 72.1 Å². The lowest BCUT2D eigenvalue weighted by atomic mass is 10.1. The average Bonchev–Trinajstić information content (AvgIpc) is 4.15. The molecule has 0 saturated carbocycles. The summed E-state index contributed by atoms with van der Waals surface area (Å²) in [5.74, 6) is -4.87. The lowest BCUT2D eigenvalue weighted by Crippen LogP contribution is -2.53. The number of thioether (sulfide) groups is 1. The zero-order valence-electron chi connectivity index (χ0n) is 53.3. The molecule has 3 rings (SSSR count). The summed E-state index contributed by atoms with van der Waals surface area (Å²) < 4.78 is 14.6. The fourth-order valence-electron chi connectivity index (χ4n) is 6.20. The molecule has 5 N–H and O–H groups in total. The first kappa shape index (κ1) is 84.7. The zero-order valence-corrected chi connectivity index (χ0v) is 54.1. The van der Waals surface area contributed by atoms with Crippen molar-refractivity contribution in [1.29, 1.82) is 0 Å². The molecule has 2 aliphatic rings. The Bertz CT molecular complexity index is 1950. The smallest absolute Gasteiger partial charge is 0.325 e. The number of carbonyl (C=O) groups excluding carboxylic acids is 11. The second-order valence-corrected chi connectivity index (χ2v) is 21.2. The van der Waals surface area contributed by atoms with Crippen molar-refractivity contribution >= 4 is 77.1 Å². The topological polar surface area (TPSA) is 299 Å². The lowest BCUT2D eigenvalue weighted by Gasteiger charge is -2.27. The van der Waals surface area contributed by atoms with Crippen molar-refractivity contribution in [3.8, 4) is 5.75 Å². The number of nitrogens with one attached hydrogen (secondary N) is 2. The Morgan fingerprint density at radius 2 is 1.34 bits per heavy atom. The second kappa shape index (κ2) is 52.9. The van der Waals surface area contributed by atoms with E-state index in [1.807, 2.05) is 57.5 Å². The molecule has 1 aromatic rings. The second-order valence-electron chi connectivity index (χ2n) is 20.4. The quantitative estimate of drug-likeness (QED) is 0.0436. The number of ketones is 2. The van der Waals surface area contributed by atoms with Gasteiger partial charge < -0.3 is 55.3 Å². The number of benzene rings is 1. The maximum Gasteiger partial charge on any atom is 0.325 e. The van der Waals surface area contributed by atoms with E-state index >= 15 is 0 Å². The summed E-state index contributed by atoms with van der Waals surface area (Å²) in [6, 6.07) is 5.77. The highest BCUT2D eigenvalue weighted by atomic mass is 32.2. The molecule has 0 spiro atoms. The van der Waals surface area contributed by atoms with E-state index in [4.69, 9.17) is 19.9 Å².